The van der Waals surface area contributed by atoms with Gasteiger partial charge in [0.2, 0.25) is 0 Å². The third-order valence-corrected chi connectivity index (χ3v) is 4.15. The van der Waals surface area contributed by atoms with E-state index in [1.54, 1.807) is 0 Å². The van der Waals surface area contributed by atoms with E-state index >= 15 is 0 Å². The normalized spacial score (nSPS) is 25.3. The van der Waals surface area contributed by atoms with Crippen LogP contribution in [0.25, 0.3) is 0 Å². The van der Waals surface area contributed by atoms with Gasteiger partial charge in [0, 0.05) is 40.7 Å². The summed E-state index contributed by atoms with van der Waals surface area (Å²) in [6.07, 6.45) is -4.48. The van der Waals surface area contributed by atoms with Crippen LogP contribution in [0.4, 0.5) is 0 Å². The van der Waals surface area contributed by atoms with Gasteiger partial charge in [-0.3, -0.25) is 19.2 Å². The van der Waals surface area contributed by atoms with Gasteiger partial charge in [-0.25, -0.2) is 0 Å². The second kappa shape index (κ2) is 13.0. The first-order chi connectivity index (χ1) is 14.5. The first kappa shape index (κ1) is 26.5. The minimum absolute atomic E-state index is 0.0484. The van der Waals surface area contributed by atoms with Crippen LogP contribution >= 0.6 is 0 Å². The molecule has 31 heavy (non-hydrogen) atoms. The number of unbranched alkanes of at least 4 members (excludes halogenated alkanes) is 1. The van der Waals surface area contributed by atoms with Gasteiger partial charge in [-0.05, 0) is 19.8 Å². The molecule has 0 aromatic carbocycles. The zero-order chi connectivity index (χ0) is 23.6. The van der Waals surface area contributed by atoms with Crippen molar-refractivity contribution in [1.29, 1.82) is 0 Å². The molecule has 1 aliphatic rings. The standard InChI is InChI=1S/C20H30O11/c1-11(21)8-6-7-9-26-20-19(30-15(5)25)18(29-14(4)24)17(28-13(3)23)16(31-20)10-27-12(2)22/h16-20H,6-10H2,1-5H3/t16?,17-,18+,19?,20+/m0/s1. The predicted octanol–water partition coefficient (Wildman–Crippen LogP) is 0.845. The molecule has 0 amide bonds. The molecule has 1 heterocycles. The summed E-state index contributed by atoms with van der Waals surface area (Å²) in [4.78, 5) is 57.4. The summed E-state index contributed by atoms with van der Waals surface area (Å²) in [7, 11) is 0. The Kier molecular flexibility index (Phi) is 11.1. The molecule has 5 atom stereocenters. The highest BCUT2D eigenvalue weighted by Gasteiger charge is 2.52. The minimum atomic E-state index is -1.26. The van der Waals surface area contributed by atoms with Gasteiger partial charge in [0.15, 0.2) is 24.6 Å². The molecule has 2 unspecified atom stereocenters. The van der Waals surface area contributed by atoms with Crippen molar-refractivity contribution >= 4 is 29.7 Å². The highest BCUT2D eigenvalue weighted by molar-refractivity contribution is 5.75. The lowest BCUT2D eigenvalue weighted by Gasteiger charge is -2.44. The van der Waals surface area contributed by atoms with Gasteiger partial charge in [0.1, 0.15) is 18.5 Å². The highest BCUT2D eigenvalue weighted by atomic mass is 16.7. The third-order valence-electron chi connectivity index (χ3n) is 4.15. The molecule has 176 valence electrons. The Morgan fingerprint density at radius 3 is 1.77 bits per heavy atom. The fourth-order valence-electron chi connectivity index (χ4n) is 3.00. The van der Waals surface area contributed by atoms with Gasteiger partial charge in [0.05, 0.1) is 0 Å². The molecule has 11 nitrogen and oxygen atoms in total. The lowest BCUT2D eigenvalue weighted by Crippen LogP contribution is -2.63. The van der Waals surface area contributed by atoms with Gasteiger partial charge in [0.25, 0.3) is 0 Å². The van der Waals surface area contributed by atoms with Gasteiger partial charge < -0.3 is 33.2 Å². The van der Waals surface area contributed by atoms with Gasteiger partial charge >= 0.3 is 23.9 Å². The van der Waals surface area contributed by atoms with Crippen LogP contribution in [0.1, 0.15) is 53.9 Å². The smallest absolute Gasteiger partial charge is 0.303 e. The lowest BCUT2D eigenvalue weighted by atomic mass is 9.98. The van der Waals surface area contributed by atoms with Crippen LogP contribution in [-0.2, 0) is 52.4 Å². The van der Waals surface area contributed by atoms with E-state index in [2.05, 4.69) is 0 Å². The van der Waals surface area contributed by atoms with Crippen LogP contribution in [-0.4, -0.2) is 73.6 Å². The van der Waals surface area contributed by atoms with E-state index in [1.165, 1.54) is 13.8 Å². The molecule has 0 radical (unpaired) electrons. The molecular weight excluding hydrogens is 416 g/mol. The van der Waals surface area contributed by atoms with Crippen molar-refractivity contribution in [3.63, 3.8) is 0 Å². The molecule has 0 saturated carbocycles. The van der Waals surface area contributed by atoms with E-state index in [-0.39, 0.29) is 19.0 Å². The molecule has 0 bridgehead atoms. The van der Waals surface area contributed by atoms with Gasteiger partial charge in [-0.1, -0.05) is 0 Å². The maximum absolute atomic E-state index is 11.7. The van der Waals surface area contributed by atoms with Crippen molar-refractivity contribution in [1.82, 2.24) is 0 Å². The average Bonchev–Trinajstić information content (AvgIpc) is 2.62. The van der Waals surface area contributed by atoms with Crippen LogP contribution in [0.3, 0.4) is 0 Å². The summed E-state index contributed by atoms with van der Waals surface area (Å²) in [5, 5.41) is 0. The number of Topliss-reactive ketones (excluding diaryl/α,β-unsaturated/α-hetero) is 1. The Morgan fingerprint density at radius 2 is 1.26 bits per heavy atom. The molecule has 0 spiro atoms. The van der Waals surface area contributed by atoms with Crippen molar-refractivity contribution in [3.8, 4) is 0 Å². The van der Waals surface area contributed by atoms with Crippen molar-refractivity contribution in [2.45, 2.75) is 84.6 Å². The van der Waals surface area contributed by atoms with E-state index < -0.39 is 54.6 Å². The number of carbonyl (C=O) groups is 5. The Morgan fingerprint density at radius 1 is 0.710 bits per heavy atom. The number of rotatable bonds is 11. The Labute approximate surface area is 180 Å². The predicted molar refractivity (Wildman–Crippen MR) is 102 cm³/mol. The highest BCUT2D eigenvalue weighted by Crippen LogP contribution is 2.30. The third kappa shape index (κ3) is 9.88. The first-order valence-corrected chi connectivity index (χ1v) is 9.92. The SMILES string of the molecule is CC(=O)CCCCO[C@@H]1OC(COC(C)=O)[C@H](OC(C)=O)[C@@H](OC(C)=O)C1OC(C)=O. The fourth-order valence-corrected chi connectivity index (χ4v) is 3.00. The fraction of sp³-hybridized carbons (Fsp3) is 0.750. The van der Waals surface area contributed by atoms with Gasteiger partial charge in [-0.2, -0.15) is 0 Å². The Hall–Kier alpha value is -2.53. The van der Waals surface area contributed by atoms with E-state index in [1.807, 2.05) is 0 Å². The average molecular weight is 446 g/mol. The van der Waals surface area contributed by atoms with Crippen molar-refractivity contribution < 1.29 is 52.4 Å². The van der Waals surface area contributed by atoms with E-state index in [0.29, 0.717) is 19.3 Å². The molecule has 0 aliphatic carbocycles. The van der Waals surface area contributed by atoms with E-state index in [0.717, 1.165) is 20.8 Å². The Balaban J connectivity index is 3.11. The maximum atomic E-state index is 11.7. The van der Waals surface area contributed by atoms with E-state index in [9.17, 15) is 24.0 Å². The molecule has 0 aromatic rings. The molecule has 0 aromatic heterocycles. The monoisotopic (exact) mass is 446 g/mol. The zero-order valence-corrected chi connectivity index (χ0v) is 18.4. The van der Waals surface area contributed by atoms with Crippen molar-refractivity contribution in [2.24, 2.45) is 0 Å². The summed E-state index contributed by atoms with van der Waals surface area (Å²) in [5.41, 5.74) is 0. The molecular formula is C20H30O11. The number of carbonyl (C=O) groups excluding carboxylic acids is 5. The molecule has 1 aliphatic heterocycles. The maximum Gasteiger partial charge on any atom is 0.303 e. The summed E-state index contributed by atoms with van der Waals surface area (Å²) < 4.78 is 32.3. The molecule has 0 N–H and O–H groups in total. The van der Waals surface area contributed by atoms with Crippen molar-refractivity contribution in [3.05, 3.63) is 0 Å². The number of ketones is 1. The molecule has 11 heteroatoms. The first-order valence-electron chi connectivity index (χ1n) is 9.92. The van der Waals surface area contributed by atoms with Crippen LogP contribution in [0.5, 0.6) is 0 Å². The minimum Gasteiger partial charge on any atom is -0.463 e. The lowest BCUT2D eigenvalue weighted by molar-refractivity contribution is -0.308. The van der Waals surface area contributed by atoms with Gasteiger partial charge in [-0.15, -0.1) is 0 Å². The molecule has 1 saturated heterocycles. The Bertz CT molecular complexity index is 660. The summed E-state index contributed by atoms with van der Waals surface area (Å²) in [6, 6.07) is 0. The van der Waals surface area contributed by atoms with Crippen LogP contribution < -0.4 is 0 Å². The molecule has 1 fully saturated rings. The van der Waals surface area contributed by atoms with Crippen LogP contribution in [0.2, 0.25) is 0 Å². The molecule has 1 rings (SSSR count). The zero-order valence-electron chi connectivity index (χ0n) is 18.4. The summed E-state index contributed by atoms with van der Waals surface area (Å²) >= 11 is 0. The van der Waals surface area contributed by atoms with Crippen molar-refractivity contribution in [2.75, 3.05) is 13.2 Å². The van der Waals surface area contributed by atoms with Crippen LogP contribution in [0.15, 0.2) is 0 Å². The largest absolute Gasteiger partial charge is 0.463 e. The summed E-state index contributed by atoms with van der Waals surface area (Å²) in [5.74, 6) is -2.67. The quantitative estimate of drug-likeness (QED) is 0.253. The topological polar surface area (TPSA) is 141 Å². The number of hydrogen-bond donors (Lipinski definition) is 0. The number of hydrogen-bond acceptors (Lipinski definition) is 11. The number of ether oxygens (including phenoxy) is 6. The second-order valence-corrected chi connectivity index (χ2v) is 7.10. The summed E-state index contributed by atoms with van der Waals surface area (Å²) in [6.45, 7) is 5.96. The number of esters is 4. The second-order valence-electron chi connectivity index (χ2n) is 7.10. The van der Waals surface area contributed by atoms with E-state index in [4.69, 9.17) is 28.4 Å². The van der Waals surface area contributed by atoms with Crippen LogP contribution in [0, 0.1) is 0 Å².